The van der Waals surface area contributed by atoms with Gasteiger partial charge in [-0.25, -0.2) is 0 Å². The van der Waals surface area contributed by atoms with E-state index in [1.807, 2.05) is 0 Å². The van der Waals surface area contributed by atoms with Crippen LogP contribution in [0, 0.1) is 18.8 Å². The number of benzene rings is 1. The van der Waals surface area contributed by atoms with Crippen LogP contribution in [0.2, 0.25) is 0 Å². The van der Waals surface area contributed by atoms with Crippen LogP contribution in [0.25, 0.3) is 0 Å². The Hall–Kier alpha value is -0.500. The number of aryl methyl sites for hydroxylation is 1. The van der Waals surface area contributed by atoms with Gasteiger partial charge in [-0.05, 0) is 42.9 Å². The Labute approximate surface area is 113 Å². The summed E-state index contributed by atoms with van der Waals surface area (Å²) in [4.78, 5) is 0. The van der Waals surface area contributed by atoms with E-state index >= 15 is 0 Å². The maximum absolute atomic E-state index is 3.70. The van der Waals surface area contributed by atoms with E-state index in [1.54, 1.807) is 0 Å². The van der Waals surface area contributed by atoms with Crippen molar-refractivity contribution < 1.29 is 0 Å². The maximum Gasteiger partial charge on any atom is 0.0353 e. The SMILES string of the molecule is Cc1ccc(NC2CCCC(C)C2C)cc1Br. The number of rotatable bonds is 2. The zero-order valence-electron chi connectivity index (χ0n) is 11.0. The van der Waals surface area contributed by atoms with Crippen molar-refractivity contribution in [1.29, 1.82) is 0 Å². The number of hydrogen-bond donors (Lipinski definition) is 1. The molecule has 1 nitrogen and oxygen atoms in total. The molecule has 0 aromatic heterocycles. The van der Waals surface area contributed by atoms with Crippen LogP contribution in [0.5, 0.6) is 0 Å². The molecule has 1 aliphatic rings. The van der Waals surface area contributed by atoms with Gasteiger partial charge in [0.1, 0.15) is 0 Å². The molecule has 1 aromatic rings. The molecule has 0 spiro atoms. The van der Waals surface area contributed by atoms with Crippen LogP contribution in [-0.2, 0) is 0 Å². The molecular weight excluding hydrogens is 274 g/mol. The van der Waals surface area contributed by atoms with Crippen LogP contribution in [0.3, 0.4) is 0 Å². The van der Waals surface area contributed by atoms with Gasteiger partial charge >= 0.3 is 0 Å². The Morgan fingerprint density at radius 1 is 1.24 bits per heavy atom. The number of anilines is 1. The third-order valence-corrected chi connectivity index (χ3v) is 5.09. The van der Waals surface area contributed by atoms with Crippen molar-refractivity contribution in [1.82, 2.24) is 0 Å². The Morgan fingerprint density at radius 3 is 2.71 bits per heavy atom. The van der Waals surface area contributed by atoms with Crippen LogP contribution < -0.4 is 5.32 Å². The molecular formula is C15H22BrN. The summed E-state index contributed by atoms with van der Waals surface area (Å²) in [5, 5.41) is 3.70. The Kier molecular flexibility index (Phi) is 4.13. The summed E-state index contributed by atoms with van der Waals surface area (Å²) in [6, 6.07) is 7.19. The first-order chi connectivity index (χ1) is 8.08. The minimum Gasteiger partial charge on any atom is -0.382 e. The number of nitrogens with one attached hydrogen (secondary N) is 1. The standard InChI is InChI=1S/C15H22BrN/c1-10-5-4-6-15(12(10)3)17-13-8-7-11(2)14(16)9-13/h7-10,12,15,17H,4-6H2,1-3H3. The molecule has 1 fully saturated rings. The summed E-state index contributed by atoms with van der Waals surface area (Å²) in [6.45, 7) is 6.88. The third kappa shape index (κ3) is 3.04. The minimum atomic E-state index is 0.633. The summed E-state index contributed by atoms with van der Waals surface area (Å²) in [5.41, 5.74) is 2.54. The Morgan fingerprint density at radius 2 is 2.00 bits per heavy atom. The van der Waals surface area contributed by atoms with Crippen molar-refractivity contribution in [2.24, 2.45) is 11.8 Å². The summed E-state index contributed by atoms with van der Waals surface area (Å²) in [7, 11) is 0. The molecule has 0 radical (unpaired) electrons. The predicted octanol–water partition coefficient (Wildman–Crippen LogP) is 4.99. The second-order valence-corrected chi connectivity index (χ2v) is 6.34. The molecule has 3 unspecified atom stereocenters. The van der Waals surface area contributed by atoms with E-state index < -0.39 is 0 Å². The molecule has 0 amide bonds. The molecule has 0 bridgehead atoms. The van der Waals surface area contributed by atoms with Crippen molar-refractivity contribution >= 4 is 21.6 Å². The highest BCUT2D eigenvalue weighted by Gasteiger charge is 2.26. The average molecular weight is 296 g/mol. The van der Waals surface area contributed by atoms with Crippen molar-refractivity contribution in [3.8, 4) is 0 Å². The van der Waals surface area contributed by atoms with Crippen molar-refractivity contribution in [2.45, 2.75) is 46.1 Å². The first kappa shape index (κ1) is 12.9. The van der Waals surface area contributed by atoms with E-state index in [2.05, 4.69) is 60.2 Å². The quantitative estimate of drug-likeness (QED) is 0.810. The highest BCUT2D eigenvalue weighted by Crippen LogP contribution is 2.32. The van der Waals surface area contributed by atoms with Gasteiger partial charge < -0.3 is 5.32 Å². The lowest BCUT2D eigenvalue weighted by molar-refractivity contribution is 0.253. The molecule has 1 N–H and O–H groups in total. The van der Waals surface area contributed by atoms with Crippen LogP contribution in [0.4, 0.5) is 5.69 Å². The lowest BCUT2D eigenvalue weighted by atomic mass is 9.78. The van der Waals surface area contributed by atoms with Crippen molar-refractivity contribution in [3.05, 3.63) is 28.2 Å². The zero-order chi connectivity index (χ0) is 12.4. The smallest absolute Gasteiger partial charge is 0.0353 e. The van der Waals surface area contributed by atoms with Gasteiger partial charge in [-0.2, -0.15) is 0 Å². The third-order valence-electron chi connectivity index (χ3n) is 4.23. The summed E-state index contributed by atoms with van der Waals surface area (Å²) in [5.74, 6) is 1.61. The summed E-state index contributed by atoms with van der Waals surface area (Å²) >= 11 is 3.60. The predicted molar refractivity (Wildman–Crippen MR) is 78.5 cm³/mol. The van der Waals surface area contributed by atoms with E-state index in [9.17, 15) is 0 Å². The first-order valence-electron chi connectivity index (χ1n) is 6.60. The molecule has 94 valence electrons. The van der Waals surface area contributed by atoms with Gasteiger partial charge in [0.15, 0.2) is 0 Å². The van der Waals surface area contributed by atoms with Crippen LogP contribution >= 0.6 is 15.9 Å². The fourth-order valence-electron chi connectivity index (χ4n) is 2.68. The number of halogens is 1. The lowest BCUT2D eigenvalue weighted by Crippen LogP contribution is -2.34. The normalized spacial score (nSPS) is 29.1. The Balaban J connectivity index is 2.07. The first-order valence-corrected chi connectivity index (χ1v) is 7.40. The van der Waals surface area contributed by atoms with Gasteiger partial charge in [0.05, 0.1) is 0 Å². The van der Waals surface area contributed by atoms with Gasteiger partial charge in [-0.3, -0.25) is 0 Å². The van der Waals surface area contributed by atoms with Crippen molar-refractivity contribution in [3.63, 3.8) is 0 Å². The molecule has 2 rings (SSSR count). The minimum absolute atomic E-state index is 0.633. The highest BCUT2D eigenvalue weighted by atomic mass is 79.9. The Bertz CT molecular complexity index is 389. The topological polar surface area (TPSA) is 12.0 Å². The van der Waals surface area contributed by atoms with Crippen LogP contribution in [0.1, 0.15) is 38.7 Å². The number of hydrogen-bond acceptors (Lipinski definition) is 1. The molecule has 1 saturated carbocycles. The molecule has 2 heteroatoms. The summed E-state index contributed by atoms with van der Waals surface area (Å²) in [6.07, 6.45) is 4.05. The van der Waals surface area contributed by atoms with E-state index in [0.717, 1.165) is 11.8 Å². The van der Waals surface area contributed by atoms with Crippen LogP contribution in [0.15, 0.2) is 22.7 Å². The maximum atomic E-state index is 3.70. The molecule has 0 saturated heterocycles. The molecule has 1 aromatic carbocycles. The second-order valence-electron chi connectivity index (χ2n) is 5.48. The molecule has 1 aliphatic carbocycles. The van der Waals surface area contributed by atoms with Gasteiger partial charge in [0.25, 0.3) is 0 Å². The molecule has 3 atom stereocenters. The monoisotopic (exact) mass is 295 g/mol. The van der Waals surface area contributed by atoms with Gasteiger partial charge in [0.2, 0.25) is 0 Å². The fourth-order valence-corrected chi connectivity index (χ4v) is 3.06. The van der Waals surface area contributed by atoms with E-state index in [0.29, 0.717) is 6.04 Å². The van der Waals surface area contributed by atoms with Crippen molar-refractivity contribution in [2.75, 3.05) is 5.32 Å². The highest BCUT2D eigenvalue weighted by molar-refractivity contribution is 9.10. The van der Waals surface area contributed by atoms with Gasteiger partial charge in [0, 0.05) is 16.2 Å². The largest absolute Gasteiger partial charge is 0.382 e. The van der Waals surface area contributed by atoms with E-state index in [1.165, 1.54) is 35.0 Å². The molecule has 17 heavy (non-hydrogen) atoms. The van der Waals surface area contributed by atoms with E-state index in [4.69, 9.17) is 0 Å². The molecule has 0 aliphatic heterocycles. The van der Waals surface area contributed by atoms with Gasteiger partial charge in [-0.15, -0.1) is 0 Å². The summed E-state index contributed by atoms with van der Waals surface area (Å²) < 4.78 is 1.19. The van der Waals surface area contributed by atoms with E-state index in [-0.39, 0.29) is 0 Å². The molecule has 0 heterocycles. The fraction of sp³-hybridized carbons (Fsp3) is 0.600. The van der Waals surface area contributed by atoms with Crippen LogP contribution in [-0.4, -0.2) is 6.04 Å². The average Bonchev–Trinajstić information content (AvgIpc) is 2.30. The lowest BCUT2D eigenvalue weighted by Gasteiger charge is -2.35. The van der Waals surface area contributed by atoms with Gasteiger partial charge in [-0.1, -0.05) is 48.7 Å². The zero-order valence-corrected chi connectivity index (χ0v) is 12.5. The second kappa shape index (κ2) is 5.43.